The van der Waals surface area contributed by atoms with E-state index in [1.165, 1.54) is 11.1 Å². The Morgan fingerprint density at radius 3 is 3.00 bits per heavy atom. The quantitative estimate of drug-likeness (QED) is 0.787. The fourth-order valence-electron chi connectivity index (χ4n) is 2.18. The van der Waals surface area contributed by atoms with Crippen LogP contribution >= 0.6 is 11.6 Å². The van der Waals surface area contributed by atoms with Crippen LogP contribution in [0.5, 0.6) is 0 Å². The van der Waals surface area contributed by atoms with Crippen molar-refractivity contribution in [1.82, 2.24) is 4.90 Å². The van der Waals surface area contributed by atoms with E-state index < -0.39 is 0 Å². The first kappa shape index (κ1) is 10.9. The fraction of sp³-hybridized carbons (Fsp3) is 0.500. The summed E-state index contributed by atoms with van der Waals surface area (Å²) >= 11 is 6.00. The Bertz CT molecular complexity index is 351. The van der Waals surface area contributed by atoms with Crippen molar-refractivity contribution in [3.8, 4) is 0 Å². The average molecular weight is 225 g/mol. The molecule has 2 N–H and O–H groups in total. The number of halogens is 1. The molecule has 0 amide bonds. The number of nitrogens with zero attached hydrogens (tertiary/aromatic N) is 1. The lowest BCUT2D eigenvalue weighted by Gasteiger charge is -2.23. The van der Waals surface area contributed by atoms with Crippen molar-refractivity contribution in [2.75, 3.05) is 20.1 Å². The van der Waals surface area contributed by atoms with Crippen LogP contribution in [0.15, 0.2) is 18.2 Å². The van der Waals surface area contributed by atoms with Gasteiger partial charge in [-0.3, -0.25) is 0 Å². The molecule has 1 heterocycles. The largest absolute Gasteiger partial charge is 0.329 e. The van der Waals surface area contributed by atoms with Crippen LogP contribution in [0.3, 0.4) is 0 Å². The molecule has 0 aliphatic carbocycles. The second kappa shape index (κ2) is 4.52. The molecule has 82 valence electrons. The van der Waals surface area contributed by atoms with E-state index in [4.69, 9.17) is 17.3 Å². The molecule has 1 aromatic rings. The molecule has 0 aromatic heterocycles. The molecule has 1 atom stereocenters. The predicted octanol–water partition coefficient (Wildman–Crippen LogP) is 1.70. The monoisotopic (exact) mass is 224 g/mol. The first-order valence-corrected chi connectivity index (χ1v) is 5.76. The van der Waals surface area contributed by atoms with Gasteiger partial charge in [-0.1, -0.05) is 17.7 Å². The summed E-state index contributed by atoms with van der Waals surface area (Å²) in [5.74, 6) is 0. The first-order valence-electron chi connectivity index (χ1n) is 5.38. The molecule has 1 aliphatic heterocycles. The van der Waals surface area contributed by atoms with Gasteiger partial charge < -0.3 is 10.6 Å². The molecule has 1 aromatic carbocycles. The van der Waals surface area contributed by atoms with Crippen molar-refractivity contribution in [2.24, 2.45) is 5.73 Å². The van der Waals surface area contributed by atoms with E-state index in [1.807, 2.05) is 6.07 Å². The van der Waals surface area contributed by atoms with E-state index in [9.17, 15) is 0 Å². The summed E-state index contributed by atoms with van der Waals surface area (Å²) in [6.07, 6.45) is 2.11. The van der Waals surface area contributed by atoms with Gasteiger partial charge >= 0.3 is 0 Å². The van der Waals surface area contributed by atoms with E-state index in [-0.39, 0.29) is 0 Å². The number of hydrogen-bond donors (Lipinski definition) is 1. The minimum absolute atomic E-state index is 0.465. The number of nitrogens with two attached hydrogens (primary N) is 1. The van der Waals surface area contributed by atoms with Crippen LogP contribution in [0, 0.1) is 0 Å². The number of benzene rings is 1. The van der Waals surface area contributed by atoms with Gasteiger partial charge in [-0.2, -0.15) is 0 Å². The Kier molecular flexibility index (Phi) is 3.29. The average Bonchev–Trinajstić information content (AvgIpc) is 2.38. The first-order chi connectivity index (χ1) is 7.20. The molecular formula is C12H17ClN2. The van der Waals surface area contributed by atoms with Crippen molar-refractivity contribution >= 4 is 11.6 Å². The van der Waals surface area contributed by atoms with Crippen molar-refractivity contribution < 1.29 is 0 Å². The number of likely N-dealkylation sites (N-methyl/N-ethyl adjacent to an activating group) is 1. The van der Waals surface area contributed by atoms with Gasteiger partial charge in [-0.05, 0) is 43.1 Å². The number of hydrogen-bond acceptors (Lipinski definition) is 2. The number of fused-ring (bicyclic) bond motifs is 1. The van der Waals surface area contributed by atoms with Crippen molar-refractivity contribution in [3.63, 3.8) is 0 Å². The highest BCUT2D eigenvalue weighted by Gasteiger charge is 2.19. The molecule has 1 unspecified atom stereocenters. The van der Waals surface area contributed by atoms with Crippen molar-refractivity contribution in [2.45, 2.75) is 18.9 Å². The van der Waals surface area contributed by atoms with Gasteiger partial charge in [0.25, 0.3) is 0 Å². The summed E-state index contributed by atoms with van der Waals surface area (Å²) in [5.41, 5.74) is 8.56. The Morgan fingerprint density at radius 2 is 2.27 bits per heavy atom. The molecule has 15 heavy (non-hydrogen) atoms. The zero-order valence-corrected chi connectivity index (χ0v) is 9.80. The van der Waals surface area contributed by atoms with Gasteiger partial charge in [0, 0.05) is 24.2 Å². The van der Waals surface area contributed by atoms with E-state index in [0.29, 0.717) is 6.04 Å². The van der Waals surface area contributed by atoms with Gasteiger partial charge in [0.1, 0.15) is 0 Å². The molecule has 0 spiro atoms. The summed E-state index contributed by atoms with van der Waals surface area (Å²) in [7, 11) is 2.14. The normalized spacial score (nSPS) is 22.2. The van der Waals surface area contributed by atoms with Crippen LogP contribution in [0.25, 0.3) is 0 Å². The zero-order chi connectivity index (χ0) is 10.8. The Balaban J connectivity index is 2.29. The summed E-state index contributed by atoms with van der Waals surface area (Å²) in [6, 6.07) is 6.66. The van der Waals surface area contributed by atoms with Gasteiger partial charge in [0.2, 0.25) is 0 Å². The minimum atomic E-state index is 0.465. The predicted molar refractivity (Wildman–Crippen MR) is 64.3 cm³/mol. The maximum atomic E-state index is 6.00. The lowest BCUT2D eigenvalue weighted by atomic mass is 10.0. The van der Waals surface area contributed by atoms with Crippen LogP contribution in [0.2, 0.25) is 5.02 Å². The highest BCUT2D eigenvalue weighted by atomic mass is 35.5. The van der Waals surface area contributed by atoms with E-state index in [2.05, 4.69) is 24.1 Å². The van der Waals surface area contributed by atoms with E-state index in [0.717, 1.165) is 31.0 Å². The van der Waals surface area contributed by atoms with Crippen LogP contribution in [0.4, 0.5) is 0 Å². The third-order valence-electron chi connectivity index (χ3n) is 3.25. The van der Waals surface area contributed by atoms with Crippen LogP contribution in [-0.2, 0) is 12.8 Å². The standard InChI is InChI=1S/C12H17ClN2/c1-15-5-4-10-6-11(13)3-2-9(10)7-12(15)8-14/h2-3,6,12H,4-5,7-8,14H2,1H3. The van der Waals surface area contributed by atoms with Gasteiger partial charge in [0.05, 0.1) is 0 Å². The minimum Gasteiger partial charge on any atom is -0.329 e. The van der Waals surface area contributed by atoms with Crippen molar-refractivity contribution in [3.05, 3.63) is 34.3 Å². The molecule has 0 bridgehead atoms. The van der Waals surface area contributed by atoms with E-state index >= 15 is 0 Å². The third kappa shape index (κ3) is 2.33. The Hall–Kier alpha value is -0.570. The molecule has 3 heteroatoms. The molecule has 2 rings (SSSR count). The summed E-state index contributed by atoms with van der Waals surface area (Å²) in [4.78, 5) is 2.34. The Morgan fingerprint density at radius 1 is 1.47 bits per heavy atom. The summed E-state index contributed by atoms with van der Waals surface area (Å²) in [5, 5.41) is 0.836. The third-order valence-corrected chi connectivity index (χ3v) is 3.49. The van der Waals surface area contributed by atoms with Gasteiger partial charge in [0.15, 0.2) is 0 Å². The Labute approximate surface area is 96.0 Å². The maximum absolute atomic E-state index is 6.00. The molecule has 2 nitrogen and oxygen atoms in total. The molecular weight excluding hydrogens is 208 g/mol. The second-order valence-corrected chi connectivity index (χ2v) is 4.67. The molecule has 0 fully saturated rings. The van der Waals surface area contributed by atoms with Gasteiger partial charge in [-0.15, -0.1) is 0 Å². The van der Waals surface area contributed by atoms with E-state index in [1.54, 1.807) is 0 Å². The van der Waals surface area contributed by atoms with Crippen LogP contribution in [0.1, 0.15) is 11.1 Å². The van der Waals surface area contributed by atoms with Crippen LogP contribution < -0.4 is 5.73 Å². The van der Waals surface area contributed by atoms with Crippen LogP contribution in [-0.4, -0.2) is 31.1 Å². The lowest BCUT2D eigenvalue weighted by molar-refractivity contribution is 0.256. The smallest absolute Gasteiger partial charge is 0.0408 e. The van der Waals surface area contributed by atoms with Crippen molar-refractivity contribution in [1.29, 1.82) is 0 Å². The maximum Gasteiger partial charge on any atom is 0.0408 e. The molecule has 0 saturated heterocycles. The lowest BCUT2D eigenvalue weighted by Crippen LogP contribution is -2.39. The zero-order valence-electron chi connectivity index (χ0n) is 9.04. The number of rotatable bonds is 1. The summed E-state index contributed by atoms with van der Waals surface area (Å²) < 4.78 is 0. The molecule has 0 radical (unpaired) electrons. The fourth-order valence-corrected chi connectivity index (χ4v) is 2.37. The molecule has 0 saturated carbocycles. The highest BCUT2D eigenvalue weighted by Crippen LogP contribution is 2.22. The SMILES string of the molecule is CN1CCc2cc(Cl)ccc2CC1CN. The second-order valence-electron chi connectivity index (χ2n) is 4.24. The molecule has 1 aliphatic rings. The summed E-state index contributed by atoms with van der Waals surface area (Å²) in [6.45, 7) is 1.79. The topological polar surface area (TPSA) is 29.3 Å². The van der Waals surface area contributed by atoms with Gasteiger partial charge in [-0.25, -0.2) is 0 Å². The highest BCUT2D eigenvalue weighted by molar-refractivity contribution is 6.30.